The summed E-state index contributed by atoms with van der Waals surface area (Å²) >= 11 is 0. The van der Waals surface area contributed by atoms with E-state index in [9.17, 15) is 0 Å². The molecule has 2 N–H and O–H groups in total. The molecule has 0 spiro atoms. The minimum absolute atomic E-state index is 0.579. The smallest absolute Gasteiger partial charge is 0.225 e. The maximum absolute atomic E-state index is 5.71. The van der Waals surface area contributed by atoms with Crippen LogP contribution < -0.4 is 10.6 Å². The number of hydrogen-bond acceptors (Lipinski definition) is 4. The van der Waals surface area contributed by atoms with E-state index in [1.54, 1.807) is 0 Å². The van der Waals surface area contributed by atoms with Gasteiger partial charge in [-0.25, -0.2) is 9.97 Å². The Morgan fingerprint density at radius 2 is 1.88 bits per heavy atom. The van der Waals surface area contributed by atoms with Gasteiger partial charge in [-0.05, 0) is 25.3 Å². The molecular weight excluding hydrogens is 212 g/mol. The number of rotatable bonds is 4. The maximum Gasteiger partial charge on any atom is 0.225 e. The molecule has 1 aliphatic carbocycles. The highest BCUT2D eigenvalue weighted by Gasteiger charge is 2.22. The molecule has 1 aromatic heterocycles. The molecule has 0 unspecified atom stereocenters. The summed E-state index contributed by atoms with van der Waals surface area (Å²) in [6, 6.07) is 0.579. The molecule has 4 nitrogen and oxygen atoms in total. The third-order valence-electron chi connectivity index (χ3n) is 3.41. The van der Waals surface area contributed by atoms with Crippen molar-refractivity contribution in [2.75, 3.05) is 18.0 Å². The number of nitrogens with zero attached hydrogens (tertiary/aromatic N) is 3. The number of anilines is 1. The Hall–Kier alpha value is -1.16. The van der Waals surface area contributed by atoms with Gasteiger partial charge in [0, 0.05) is 31.5 Å². The van der Waals surface area contributed by atoms with Gasteiger partial charge in [-0.3, -0.25) is 0 Å². The fourth-order valence-electron chi connectivity index (χ4n) is 2.51. The average molecular weight is 234 g/mol. The molecule has 4 heteroatoms. The van der Waals surface area contributed by atoms with Gasteiger partial charge in [-0.2, -0.15) is 0 Å². The minimum atomic E-state index is 0.579. The lowest BCUT2D eigenvalue weighted by atomic mass is 9.94. The van der Waals surface area contributed by atoms with E-state index in [4.69, 9.17) is 5.73 Å². The predicted octanol–water partition coefficient (Wildman–Crippen LogP) is 1.88. The van der Waals surface area contributed by atoms with Crippen LogP contribution in [0.1, 0.15) is 37.7 Å². The van der Waals surface area contributed by atoms with E-state index < -0.39 is 0 Å². The molecule has 1 heterocycles. The molecule has 1 saturated carbocycles. The van der Waals surface area contributed by atoms with Crippen molar-refractivity contribution in [2.24, 2.45) is 5.73 Å². The first kappa shape index (κ1) is 12.3. The summed E-state index contributed by atoms with van der Waals surface area (Å²) in [7, 11) is 0. The number of hydrogen-bond donors (Lipinski definition) is 1. The van der Waals surface area contributed by atoms with Crippen molar-refractivity contribution >= 4 is 5.95 Å². The van der Waals surface area contributed by atoms with E-state index in [0.29, 0.717) is 12.6 Å². The molecule has 1 fully saturated rings. The van der Waals surface area contributed by atoms with Gasteiger partial charge in [0.1, 0.15) is 0 Å². The van der Waals surface area contributed by atoms with Crippen LogP contribution >= 0.6 is 0 Å². The van der Waals surface area contributed by atoms with Gasteiger partial charge in [0.25, 0.3) is 0 Å². The van der Waals surface area contributed by atoms with Crippen molar-refractivity contribution in [1.29, 1.82) is 0 Å². The second-order valence-corrected chi connectivity index (χ2v) is 4.83. The second kappa shape index (κ2) is 5.96. The van der Waals surface area contributed by atoms with Gasteiger partial charge in [0.05, 0.1) is 0 Å². The fraction of sp³-hybridized carbons (Fsp3) is 0.692. The molecule has 0 radical (unpaired) electrons. The van der Waals surface area contributed by atoms with Crippen molar-refractivity contribution in [3.05, 3.63) is 18.0 Å². The first-order valence-electron chi connectivity index (χ1n) is 6.56. The Morgan fingerprint density at radius 3 is 2.47 bits per heavy atom. The topological polar surface area (TPSA) is 55.0 Å². The Balaban J connectivity index is 2.12. The molecule has 1 aliphatic rings. The second-order valence-electron chi connectivity index (χ2n) is 4.83. The van der Waals surface area contributed by atoms with Crippen LogP contribution in [0.4, 0.5) is 5.95 Å². The summed E-state index contributed by atoms with van der Waals surface area (Å²) in [6.45, 7) is 3.53. The number of aromatic nitrogens is 2. The summed E-state index contributed by atoms with van der Waals surface area (Å²) in [5.41, 5.74) is 6.81. The molecule has 2 rings (SSSR count). The lowest BCUT2D eigenvalue weighted by molar-refractivity contribution is 0.412. The van der Waals surface area contributed by atoms with Crippen molar-refractivity contribution in [1.82, 2.24) is 9.97 Å². The SMILES string of the molecule is Cc1cnc(N(CCN)C2CCCCC2)nc1. The molecule has 0 aromatic carbocycles. The van der Waals surface area contributed by atoms with Crippen LogP contribution in [0.3, 0.4) is 0 Å². The number of nitrogens with two attached hydrogens (primary N) is 1. The highest BCUT2D eigenvalue weighted by Crippen LogP contribution is 2.24. The van der Waals surface area contributed by atoms with Crippen molar-refractivity contribution in [3.63, 3.8) is 0 Å². The standard InChI is InChI=1S/C13H22N4/c1-11-9-15-13(16-10-11)17(8-7-14)12-5-3-2-4-6-12/h9-10,12H,2-8,14H2,1H3. The van der Waals surface area contributed by atoms with E-state index in [1.165, 1.54) is 32.1 Å². The molecule has 0 aliphatic heterocycles. The van der Waals surface area contributed by atoms with Crippen LogP contribution in [0, 0.1) is 6.92 Å². The van der Waals surface area contributed by atoms with Crippen molar-refractivity contribution in [3.8, 4) is 0 Å². The quantitative estimate of drug-likeness (QED) is 0.864. The summed E-state index contributed by atoms with van der Waals surface area (Å²) in [5, 5.41) is 0. The van der Waals surface area contributed by atoms with Gasteiger partial charge in [0.15, 0.2) is 0 Å². The zero-order chi connectivity index (χ0) is 12.1. The largest absolute Gasteiger partial charge is 0.337 e. The normalized spacial score (nSPS) is 17.1. The minimum Gasteiger partial charge on any atom is -0.337 e. The third-order valence-corrected chi connectivity index (χ3v) is 3.41. The Morgan fingerprint density at radius 1 is 1.24 bits per heavy atom. The molecule has 1 aromatic rings. The van der Waals surface area contributed by atoms with Crippen LogP contribution in [-0.2, 0) is 0 Å². The van der Waals surface area contributed by atoms with Gasteiger partial charge in [-0.1, -0.05) is 19.3 Å². The Kier molecular flexibility index (Phi) is 4.31. The fourth-order valence-corrected chi connectivity index (χ4v) is 2.51. The van der Waals surface area contributed by atoms with Crippen LogP contribution in [-0.4, -0.2) is 29.1 Å². The zero-order valence-electron chi connectivity index (χ0n) is 10.6. The van der Waals surface area contributed by atoms with E-state index in [1.807, 2.05) is 19.3 Å². The maximum atomic E-state index is 5.71. The first-order chi connectivity index (χ1) is 8.31. The van der Waals surface area contributed by atoms with Gasteiger partial charge in [-0.15, -0.1) is 0 Å². The molecule has 0 atom stereocenters. The summed E-state index contributed by atoms with van der Waals surface area (Å²) in [4.78, 5) is 11.2. The van der Waals surface area contributed by atoms with Crippen LogP contribution in [0.5, 0.6) is 0 Å². The van der Waals surface area contributed by atoms with Gasteiger partial charge in [0.2, 0.25) is 5.95 Å². The molecular formula is C13H22N4. The van der Waals surface area contributed by atoms with Crippen LogP contribution in [0.15, 0.2) is 12.4 Å². The number of aryl methyl sites for hydroxylation is 1. The van der Waals surface area contributed by atoms with E-state index in [0.717, 1.165) is 18.1 Å². The summed E-state index contributed by atoms with van der Waals surface area (Å²) in [5.74, 6) is 0.841. The van der Waals surface area contributed by atoms with Gasteiger partial charge >= 0.3 is 0 Å². The highest BCUT2D eigenvalue weighted by molar-refractivity contribution is 5.31. The van der Waals surface area contributed by atoms with Crippen molar-refractivity contribution in [2.45, 2.75) is 45.1 Å². The monoisotopic (exact) mass is 234 g/mol. The summed E-state index contributed by atoms with van der Waals surface area (Å²) in [6.07, 6.45) is 10.3. The van der Waals surface area contributed by atoms with E-state index in [-0.39, 0.29) is 0 Å². The third kappa shape index (κ3) is 3.16. The van der Waals surface area contributed by atoms with Crippen molar-refractivity contribution < 1.29 is 0 Å². The lowest BCUT2D eigenvalue weighted by Crippen LogP contribution is -2.41. The van der Waals surface area contributed by atoms with E-state index in [2.05, 4.69) is 14.9 Å². The Bertz CT molecular complexity index is 330. The first-order valence-corrected chi connectivity index (χ1v) is 6.56. The zero-order valence-corrected chi connectivity index (χ0v) is 10.6. The highest BCUT2D eigenvalue weighted by atomic mass is 15.3. The molecule has 17 heavy (non-hydrogen) atoms. The average Bonchev–Trinajstić information content (AvgIpc) is 2.38. The van der Waals surface area contributed by atoms with E-state index >= 15 is 0 Å². The van der Waals surface area contributed by atoms with Gasteiger partial charge < -0.3 is 10.6 Å². The summed E-state index contributed by atoms with van der Waals surface area (Å²) < 4.78 is 0. The van der Waals surface area contributed by atoms with Crippen LogP contribution in [0.2, 0.25) is 0 Å². The molecule has 0 bridgehead atoms. The lowest BCUT2D eigenvalue weighted by Gasteiger charge is -2.34. The predicted molar refractivity (Wildman–Crippen MR) is 70.0 cm³/mol. The van der Waals surface area contributed by atoms with Crippen LogP contribution in [0.25, 0.3) is 0 Å². The molecule has 94 valence electrons. The molecule has 0 saturated heterocycles. The Labute approximate surface area is 103 Å². The molecule has 0 amide bonds.